The highest BCUT2D eigenvalue weighted by molar-refractivity contribution is 5.29. The van der Waals surface area contributed by atoms with E-state index in [1.807, 2.05) is 6.92 Å². The van der Waals surface area contributed by atoms with Gasteiger partial charge in [0.05, 0.1) is 30.0 Å². The van der Waals surface area contributed by atoms with E-state index >= 15 is 0 Å². The topological polar surface area (TPSA) is 69.2 Å². The Bertz CT molecular complexity index is 797. The van der Waals surface area contributed by atoms with Crippen molar-refractivity contribution in [2.24, 2.45) is 13.0 Å². The Morgan fingerprint density at radius 2 is 2.12 bits per heavy atom. The highest BCUT2D eigenvalue weighted by Gasteiger charge is 2.55. The Kier molecular flexibility index (Phi) is 3.50. The predicted molar refractivity (Wildman–Crippen MR) is 90.1 cm³/mol. The molecule has 0 N–H and O–H groups in total. The van der Waals surface area contributed by atoms with Crippen molar-refractivity contribution >= 4 is 0 Å². The van der Waals surface area contributed by atoms with Crippen molar-refractivity contribution in [1.29, 1.82) is 0 Å². The van der Waals surface area contributed by atoms with Crippen molar-refractivity contribution < 1.29 is 9.15 Å². The number of nitrogens with zero attached hydrogens (tertiary/aromatic N) is 5. The highest BCUT2D eigenvalue weighted by Crippen LogP contribution is 2.43. The summed E-state index contributed by atoms with van der Waals surface area (Å²) in [5.74, 6) is 1.81. The van der Waals surface area contributed by atoms with E-state index in [0.29, 0.717) is 18.4 Å². The third kappa shape index (κ3) is 2.36. The van der Waals surface area contributed by atoms with Crippen LogP contribution in [-0.4, -0.2) is 51.2 Å². The normalized spacial score (nSPS) is 29.1. The summed E-state index contributed by atoms with van der Waals surface area (Å²) in [5, 5.41) is 13.2. The van der Waals surface area contributed by atoms with Crippen molar-refractivity contribution in [3.05, 3.63) is 28.7 Å². The second-order valence-electron chi connectivity index (χ2n) is 7.87. The van der Waals surface area contributed by atoms with Crippen molar-refractivity contribution in [3.63, 3.8) is 0 Å². The molecular weight excluding hydrogens is 318 g/mol. The lowest BCUT2D eigenvalue weighted by Gasteiger charge is -2.23. The molecule has 25 heavy (non-hydrogen) atoms. The Labute approximate surface area is 147 Å². The molecule has 4 heterocycles. The van der Waals surface area contributed by atoms with Crippen LogP contribution in [0.15, 0.2) is 4.42 Å². The summed E-state index contributed by atoms with van der Waals surface area (Å²) in [4.78, 5) is 2.53. The van der Waals surface area contributed by atoms with Gasteiger partial charge in [0, 0.05) is 39.5 Å². The van der Waals surface area contributed by atoms with Gasteiger partial charge in [-0.15, -0.1) is 10.2 Å². The van der Waals surface area contributed by atoms with E-state index in [-0.39, 0.29) is 5.41 Å². The maximum Gasteiger partial charge on any atom is 0.226 e. The lowest BCUT2D eigenvalue weighted by molar-refractivity contribution is 0.139. The van der Waals surface area contributed by atoms with E-state index in [0.717, 1.165) is 38.6 Å². The SMILES string of the molecule is Cc1nnc([C@@]23COC[C@@H]2CN(Cc2c4c(nn2C)CCCC4)C3)o1. The van der Waals surface area contributed by atoms with Crippen LogP contribution >= 0.6 is 0 Å². The molecule has 2 fully saturated rings. The number of likely N-dealkylation sites (tertiary alicyclic amines) is 1. The Morgan fingerprint density at radius 3 is 2.96 bits per heavy atom. The number of aryl methyl sites for hydroxylation is 3. The van der Waals surface area contributed by atoms with Gasteiger partial charge < -0.3 is 9.15 Å². The summed E-state index contributed by atoms with van der Waals surface area (Å²) >= 11 is 0. The average Bonchev–Trinajstić information content (AvgIpc) is 3.31. The summed E-state index contributed by atoms with van der Waals surface area (Å²) in [6, 6.07) is 0. The summed E-state index contributed by atoms with van der Waals surface area (Å²) in [5.41, 5.74) is 4.05. The zero-order chi connectivity index (χ0) is 17.0. The first-order chi connectivity index (χ1) is 12.2. The van der Waals surface area contributed by atoms with Crippen LogP contribution in [0.4, 0.5) is 0 Å². The van der Waals surface area contributed by atoms with Gasteiger partial charge >= 0.3 is 0 Å². The van der Waals surface area contributed by atoms with Crippen LogP contribution < -0.4 is 0 Å². The molecule has 0 radical (unpaired) electrons. The third-order valence-electron chi connectivity index (χ3n) is 6.22. The minimum atomic E-state index is -0.139. The number of hydrogen-bond acceptors (Lipinski definition) is 6. The summed E-state index contributed by atoms with van der Waals surface area (Å²) in [6.07, 6.45) is 4.86. The molecule has 2 aromatic heterocycles. The van der Waals surface area contributed by atoms with Crippen LogP contribution in [0.1, 0.15) is 41.6 Å². The summed E-state index contributed by atoms with van der Waals surface area (Å²) in [7, 11) is 2.09. The highest BCUT2D eigenvalue weighted by atomic mass is 16.5. The molecule has 2 aliphatic heterocycles. The zero-order valence-corrected chi connectivity index (χ0v) is 15.0. The van der Waals surface area contributed by atoms with Gasteiger partial charge in [-0.05, 0) is 31.2 Å². The fourth-order valence-corrected chi connectivity index (χ4v) is 4.92. The molecule has 0 aromatic carbocycles. The first-order valence-corrected chi connectivity index (χ1v) is 9.30. The quantitative estimate of drug-likeness (QED) is 0.839. The van der Waals surface area contributed by atoms with Gasteiger partial charge in [-0.1, -0.05) is 0 Å². The molecule has 0 spiro atoms. The molecule has 0 unspecified atom stereocenters. The van der Waals surface area contributed by atoms with Crippen molar-refractivity contribution in [1.82, 2.24) is 24.9 Å². The molecular formula is C18H25N5O2. The number of fused-ring (bicyclic) bond motifs is 2. The van der Waals surface area contributed by atoms with Crippen LogP contribution in [0.25, 0.3) is 0 Å². The average molecular weight is 343 g/mol. The Balaban J connectivity index is 1.41. The van der Waals surface area contributed by atoms with Crippen LogP contribution in [0, 0.1) is 12.8 Å². The van der Waals surface area contributed by atoms with Crippen molar-refractivity contribution in [2.45, 2.75) is 44.6 Å². The largest absolute Gasteiger partial charge is 0.425 e. The van der Waals surface area contributed by atoms with E-state index < -0.39 is 0 Å². The molecule has 0 saturated carbocycles. The molecule has 5 rings (SSSR count). The Hall–Kier alpha value is -1.73. The van der Waals surface area contributed by atoms with Crippen LogP contribution in [0.3, 0.4) is 0 Å². The second-order valence-corrected chi connectivity index (χ2v) is 7.87. The minimum Gasteiger partial charge on any atom is -0.425 e. The summed E-state index contributed by atoms with van der Waals surface area (Å²) in [6.45, 7) is 6.19. The van der Waals surface area contributed by atoms with Gasteiger partial charge in [-0.2, -0.15) is 5.10 Å². The molecule has 0 amide bonds. The third-order valence-corrected chi connectivity index (χ3v) is 6.22. The van der Waals surface area contributed by atoms with E-state index in [1.54, 1.807) is 0 Å². The Morgan fingerprint density at radius 1 is 1.24 bits per heavy atom. The maximum atomic E-state index is 5.82. The molecule has 134 valence electrons. The number of hydrogen-bond donors (Lipinski definition) is 0. The van der Waals surface area contributed by atoms with E-state index in [9.17, 15) is 0 Å². The lowest BCUT2D eigenvalue weighted by atomic mass is 9.81. The fraction of sp³-hybridized carbons (Fsp3) is 0.722. The zero-order valence-electron chi connectivity index (χ0n) is 15.0. The molecule has 3 aliphatic rings. The lowest BCUT2D eigenvalue weighted by Crippen LogP contribution is -2.36. The van der Waals surface area contributed by atoms with E-state index in [4.69, 9.17) is 14.3 Å². The number of rotatable bonds is 3. The predicted octanol–water partition coefficient (Wildman–Crippen LogP) is 1.39. The fourth-order valence-electron chi connectivity index (χ4n) is 4.92. The summed E-state index contributed by atoms with van der Waals surface area (Å²) < 4.78 is 13.7. The number of aromatic nitrogens is 4. The maximum absolute atomic E-state index is 5.82. The van der Waals surface area contributed by atoms with Crippen molar-refractivity contribution in [3.8, 4) is 0 Å². The van der Waals surface area contributed by atoms with Crippen LogP contribution in [0.5, 0.6) is 0 Å². The number of ether oxygens (including phenoxy) is 1. The minimum absolute atomic E-state index is 0.139. The van der Waals surface area contributed by atoms with E-state index in [1.165, 1.54) is 36.2 Å². The van der Waals surface area contributed by atoms with Crippen molar-refractivity contribution in [2.75, 3.05) is 26.3 Å². The first-order valence-electron chi connectivity index (χ1n) is 9.30. The van der Waals surface area contributed by atoms with Gasteiger partial charge in [0.2, 0.25) is 11.8 Å². The van der Waals surface area contributed by atoms with E-state index in [2.05, 4.69) is 26.8 Å². The molecule has 2 aromatic rings. The molecule has 2 saturated heterocycles. The molecule has 0 bridgehead atoms. The van der Waals surface area contributed by atoms with Gasteiger partial charge in [0.1, 0.15) is 0 Å². The molecule has 7 nitrogen and oxygen atoms in total. The first kappa shape index (κ1) is 15.5. The molecule has 7 heteroatoms. The molecule has 2 atom stereocenters. The van der Waals surface area contributed by atoms with Gasteiger partial charge in [0.15, 0.2) is 0 Å². The van der Waals surface area contributed by atoms with Gasteiger partial charge in [0.25, 0.3) is 0 Å². The van der Waals surface area contributed by atoms with Crippen LogP contribution in [-0.2, 0) is 36.6 Å². The second kappa shape index (κ2) is 5.64. The monoisotopic (exact) mass is 343 g/mol. The smallest absolute Gasteiger partial charge is 0.226 e. The molecule has 1 aliphatic carbocycles. The van der Waals surface area contributed by atoms with Gasteiger partial charge in [-0.3, -0.25) is 9.58 Å². The standard InChI is InChI=1S/C18H25N5O2/c1-12-19-20-17(25-12)18-10-23(7-13(18)9-24-11-18)8-16-14-5-3-4-6-15(14)21-22(16)2/h13H,3-11H2,1-2H3/t13-,18-/m0/s1. The van der Waals surface area contributed by atoms with Crippen LogP contribution in [0.2, 0.25) is 0 Å². The van der Waals surface area contributed by atoms with Gasteiger partial charge in [-0.25, -0.2) is 0 Å².